The van der Waals surface area contributed by atoms with E-state index in [1.165, 1.54) is 4.90 Å². The first kappa shape index (κ1) is 14.8. The highest BCUT2D eigenvalue weighted by Gasteiger charge is 2.35. The van der Waals surface area contributed by atoms with Crippen molar-refractivity contribution in [3.63, 3.8) is 0 Å². The second kappa shape index (κ2) is 5.78. The Labute approximate surface area is 113 Å². The van der Waals surface area contributed by atoms with Crippen LogP contribution in [0.5, 0.6) is 0 Å². The number of carbonyl (C=O) groups excluding carboxylic acids is 1. The molecule has 0 aliphatic carbocycles. The number of hydrogen-bond acceptors (Lipinski definition) is 2. The van der Waals surface area contributed by atoms with E-state index in [-0.39, 0.29) is 5.56 Å². The lowest BCUT2D eigenvalue weighted by molar-refractivity contribution is -0.140. The van der Waals surface area contributed by atoms with Gasteiger partial charge in [-0.25, -0.2) is 4.39 Å². The van der Waals surface area contributed by atoms with E-state index in [9.17, 15) is 22.4 Å². The average molecular weight is 290 g/mol. The largest absolute Gasteiger partial charge is 0.419 e. The first-order valence-electron chi connectivity index (χ1n) is 6.26. The Kier molecular flexibility index (Phi) is 4.27. The lowest BCUT2D eigenvalue weighted by Crippen LogP contribution is -2.34. The third kappa shape index (κ3) is 3.27. The molecule has 110 valence electrons. The van der Waals surface area contributed by atoms with Crippen LogP contribution in [0.25, 0.3) is 0 Å². The molecule has 0 aromatic heterocycles. The standard InChI is InChI=1S/C13H14F4N2O/c14-11-3-2-9(8-10(11)13(15,16)17)12(20)19-6-1-4-18-5-7-19/h2-3,8,18H,1,4-7H2. The summed E-state index contributed by atoms with van der Waals surface area (Å²) in [6.07, 6.45) is -4.07. The van der Waals surface area contributed by atoms with Crippen LogP contribution in [0.2, 0.25) is 0 Å². The van der Waals surface area contributed by atoms with E-state index in [0.29, 0.717) is 31.8 Å². The quantitative estimate of drug-likeness (QED) is 0.805. The minimum atomic E-state index is -4.80. The SMILES string of the molecule is O=C(c1ccc(F)c(C(F)(F)F)c1)N1CCCNCC1. The fraction of sp³-hybridized carbons (Fsp3) is 0.462. The van der Waals surface area contributed by atoms with Gasteiger partial charge in [-0.3, -0.25) is 4.79 Å². The van der Waals surface area contributed by atoms with Gasteiger partial charge in [-0.2, -0.15) is 13.2 Å². The zero-order valence-electron chi connectivity index (χ0n) is 10.6. The Balaban J connectivity index is 2.26. The normalized spacial score (nSPS) is 16.9. The molecule has 0 atom stereocenters. The number of amides is 1. The summed E-state index contributed by atoms with van der Waals surface area (Å²) >= 11 is 0. The molecule has 1 aliphatic heterocycles. The summed E-state index contributed by atoms with van der Waals surface area (Å²) in [5.41, 5.74) is -1.54. The van der Waals surface area contributed by atoms with Crippen molar-refractivity contribution in [3.8, 4) is 0 Å². The van der Waals surface area contributed by atoms with Crippen LogP contribution in [0.3, 0.4) is 0 Å². The molecule has 1 amide bonds. The molecular weight excluding hydrogens is 276 g/mol. The Morgan fingerprint density at radius 3 is 2.65 bits per heavy atom. The first-order valence-corrected chi connectivity index (χ1v) is 6.26. The smallest absolute Gasteiger partial charge is 0.337 e. The molecule has 1 N–H and O–H groups in total. The van der Waals surface area contributed by atoms with Crippen molar-refractivity contribution in [1.29, 1.82) is 0 Å². The summed E-state index contributed by atoms with van der Waals surface area (Å²) in [6.45, 7) is 2.27. The number of alkyl halides is 3. The maximum atomic E-state index is 13.2. The highest BCUT2D eigenvalue weighted by molar-refractivity contribution is 5.94. The summed E-state index contributed by atoms with van der Waals surface area (Å²) in [6, 6.07) is 2.35. The monoisotopic (exact) mass is 290 g/mol. The van der Waals surface area contributed by atoms with Gasteiger partial charge >= 0.3 is 6.18 Å². The van der Waals surface area contributed by atoms with Crippen molar-refractivity contribution in [2.45, 2.75) is 12.6 Å². The molecule has 1 aromatic carbocycles. The zero-order chi connectivity index (χ0) is 14.8. The van der Waals surface area contributed by atoms with Crippen molar-refractivity contribution in [3.05, 3.63) is 35.1 Å². The van der Waals surface area contributed by atoms with Crippen LogP contribution in [-0.4, -0.2) is 37.0 Å². The predicted octanol–water partition coefficient (Wildman–Crippen LogP) is 2.28. The van der Waals surface area contributed by atoms with Gasteiger partial charge in [0.2, 0.25) is 0 Å². The van der Waals surface area contributed by atoms with Crippen LogP contribution in [0, 0.1) is 5.82 Å². The molecule has 2 rings (SSSR count). The average Bonchev–Trinajstić information content (AvgIpc) is 2.66. The minimum absolute atomic E-state index is 0.138. The molecule has 1 heterocycles. The Morgan fingerprint density at radius 1 is 1.20 bits per heavy atom. The van der Waals surface area contributed by atoms with E-state index >= 15 is 0 Å². The molecule has 0 radical (unpaired) electrons. The molecule has 0 spiro atoms. The minimum Gasteiger partial charge on any atom is -0.337 e. The lowest BCUT2D eigenvalue weighted by Gasteiger charge is -2.20. The van der Waals surface area contributed by atoms with Gasteiger partial charge < -0.3 is 10.2 Å². The number of hydrogen-bond donors (Lipinski definition) is 1. The molecule has 1 fully saturated rings. The van der Waals surface area contributed by atoms with Crippen LogP contribution in [0.15, 0.2) is 18.2 Å². The number of rotatable bonds is 1. The molecular formula is C13H14F4N2O. The maximum Gasteiger partial charge on any atom is 0.419 e. The number of halogens is 4. The molecule has 1 aliphatic rings. The molecule has 0 saturated carbocycles. The third-order valence-electron chi connectivity index (χ3n) is 3.15. The number of nitrogens with one attached hydrogen (secondary N) is 1. The highest BCUT2D eigenvalue weighted by Crippen LogP contribution is 2.32. The molecule has 1 aromatic rings. The molecule has 1 saturated heterocycles. The summed E-state index contributed by atoms with van der Waals surface area (Å²) in [7, 11) is 0. The number of nitrogens with zero attached hydrogens (tertiary/aromatic N) is 1. The fourth-order valence-electron chi connectivity index (χ4n) is 2.11. The number of carbonyl (C=O) groups is 1. The van der Waals surface area contributed by atoms with Crippen LogP contribution in [-0.2, 0) is 6.18 Å². The van der Waals surface area contributed by atoms with E-state index in [2.05, 4.69) is 5.32 Å². The van der Waals surface area contributed by atoms with E-state index in [0.717, 1.165) is 19.0 Å². The van der Waals surface area contributed by atoms with Crippen LogP contribution in [0.4, 0.5) is 17.6 Å². The summed E-state index contributed by atoms with van der Waals surface area (Å²) in [5, 5.41) is 3.09. The van der Waals surface area contributed by atoms with Gasteiger partial charge in [0.15, 0.2) is 0 Å². The summed E-state index contributed by atoms with van der Waals surface area (Å²) in [4.78, 5) is 13.6. The Morgan fingerprint density at radius 2 is 1.95 bits per heavy atom. The van der Waals surface area contributed by atoms with E-state index in [1.807, 2.05) is 0 Å². The molecule has 3 nitrogen and oxygen atoms in total. The summed E-state index contributed by atoms with van der Waals surface area (Å²) < 4.78 is 51.1. The molecule has 0 bridgehead atoms. The Bertz CT molecular complexity index is 494. The second-order valence-electron chi connectivity index (χ2n) is 4.59. The van der Waals surface area contributed by atoms with Crippen molar-refractivity contribution >= 4 is 5.91 Å². The molecule has 0 unspecified atom stereocenters. The van der Waals surface area contributed by atoms with Gasteiger partial charge in [-0.05, 0) is 31.2 Å². The van der Waals surface area contributed by atoms with Crippen LogP contribution in [0.1, 0.15) is 22.3 Å². The summed E-state index contributed by atoms with van der Waals surface area (Å²) in [5.74, 6) is -1.87. The van der Waals surface area contributed by atoms with Gasteiger partial charge in [0.05, 0.1) is 5.56 Å². The maximum absolute atomic E-state index is 13.2. The lowest BCUT2D eigenvalue weighted by atomic mass is 10.1. The van der Waals surface area contributed by atoms with E-state index < -0.39 is 23.5 Å². The Hall–Kier alpha value is -1.63. The topological polar surface area (TPSA) is 32.3 Å². The number of benzene rings is 1. The van der Waals surface area contributed by atoms with Crippen molar-refractivity contribution in [1.82, 2.24) is 10.2 Å². The second-order valence-corrected chi connectivity index (χ2v) is 4.59. The van der Waals surface area contributed by atoms with E-state index in [1.54, 1.807) is 0 Å². The van der Waals surface area contributed by atoms with Gasteiger partial charge in [0.1, 0.15) is 5.82 Å². The van der Waals surface area contributed by atoms with Gasteiger partial charge in [-0.1, -0.05) is 0 Å². The van der Waals surface area contributed by atoms with Crippen molar-refractivity contribution in [2.24, 2.45) is 0 Å². The highest BCUT2D eigenvalue weighted by atomic mass is 19.4. The van der Waals surface area contributed by atoms with Gasteiger partial charge in [0, 0.05) is 25.2 Å². The fourth-order valence-corrected chi connectivity index (χ4v) is 2.11. The molecule has 7 heteroatoms. The van der Waals surface area contributed by atoms with E-state index in [4.69, 9.17) is 0 Å². The first-order chi connectivity index (χ1) is 9.39. The van der Waals surface area contributed by atoms with Crippen molar-refractivity contribution < 1.29 is 22.4 Å². The van der Waals surface area contributed by atoms with Crippen LogP contribution < -0.4 is 5.32 Å². The van der Waals surface area contributed by atoms with Crippen molar-refractivity contribution in [2.75, 3.05) is 26.2 Å². The van der Waals surface area contributed by atoms with Crippen LogP contribution >= 0.6 is 0 Å². The van der Waals surface area contributed by atoms with Gasteiger partial charge in [0.25, 0.3) is 5.91 Å². The van der Waals surface area contributed by atoms with Gasteiger partial charge in [-0.15, -0.1) is 0 Å². The predicted molar refractivity (Wildman–Crippen MR) is 64.8 cm³/mol. The molecule has 20 heavy (non-hydrogen) atoms. The zero-order valence-corrected chi connectivity index (χ0v) is 10.6. The third-order valence-corrected chi connectivity index (χ3v) is 3.15.